The van der Waals surface area contributed by atoms with E-state index in [4.69, 9.17) is 16.3 Å². The van der Waals surface area contributed by atoms with Crippen LogP contribution in [-0.4, -0.2) is 51.4 Å². The molecule has 0 aliphatic carbocycles. The van der Waals surface area contributed by atoms with Crippen LogP contribution >= 0.6 is 11.6 Å². The number of hydrogen-bond donors (Lipinski definition) is 1. The Kier molecular flexibility index (Phi) is 11.0. The van der Waals surface area contributed by atoms with Gasteiger partial charge in [-0.1, -0.05) is 68.8 Å². The quantitative estimate of drug-likeness (QED) is 0.300. The third kappa shape index (κ3) is 7.99. The number of benzene rings is 3. The van der Waals surface area contributed by atoms with Crippen molar-refractivity contribution in [2.75, 3.05) is 24.5 Å². The molecule has 0 radical (unpaired) electrons. The molecule has 2 amide bonds. The molecule has 1 N–H and O–H groups in total. The maximum atomic E-state index is 14.1. The van der Waals surface area contributed by atoms with Crippen molar-refractivity contribution in [1.82, 2.24) is 10.2 Å². The average molecular weight is 586 g/mol. The van der Waals surface area contributed by atoms with Crippen molar-refractivity contribution in [2.24, 2.45) is 5.92 Å². The average Bonchev–Trinajstić information content (AvgIpc) is 2.95. The number of carbonyl (C=O) groups is 2. The Bertz CT molecular complexity index is 1380. The number of carbonyl (C=O) groups excluding carboxylic acids is 2. The van der Waals surface area contributed by atoms with Crippen LogP contribution in [0.5, 0.6) is 5.75 Å². The highest BCUT2D eigenvalue weighted by Gasteiger charge is 2.33. The van der Waals surface area contributed by atoms with Crippen molar-refractivity contribution >= 4 is 39.1 Å². The minimum Gasteiger partial charge on any atom is -0.497 e. The topological polar surface area (TPSA) is 96.0 Å². The van der Waals surface area contributed by atoms with Gasteiger partial charge in [0.25, 0.3) is 10.0 Å². The van der Waals surface area contributed by atoms with Gasteiger partial charge in [0.1, 0.15) is 18.3 Å². The van der Waals surface area contributed by atoms with E-state index in [-0.39, 0.29) is 29.0 Å². The first-order valence-electron chi connectivity index (χ1n) is 13.1. The lowest BCUT2D eigenvalue weighted by Crippen LogP contribution is -2.52. The van der Waals surface area contributed by atoms with Crippen LogP contribution in [0.15, 0.2) is 83.8 Å². The van der Waals surface area contributed by atoms with E-state index in [2.05, 4.69) is 5.32 Å². The number of sulfonamides is 1. The first-order chi connectivity index (χ1) is 19.1. The van der Waals surface area contributed by atoms with Gasteiger partial charge in [-0.2, -0.15) is 0 Å². The smallest absolute Gasteiger partial charge is 0.264 e. The third-order valence-corrected chi connectivity index (χ3v) is 8.33. The van der Waals surface area contributed by atoms with Gasteiger partial charge in [-0.25, -0.2) is 8.42 Å². The molecule has 0 heterocycles. The molecule has 1 unspecified atom stereocenters. The Labute approximate surface area is 241 Å². The third-order valence-electron chi connectivity index (χ3n) is 6.29. The monoisotopic (exact) mass is 585 g/mol. The second-order valence-electron chi connectivity index (χ2n) is 9.74. The first kappa shape index (κ1) is 31.0. The summed E-state index contributed by atoms with van der Waals surface area (Å²) in [7, 11) is -2.67. The molecule has 214 valence electrons. The zero-order valence-electron chi connectivity index (χ0n) is 23.2. The van der Waals surface area contributed by atoms with E-state index in [1.54, 1.807) is 66.7 Å². The van der Waals surface area contributed by atoms with E-state index in [9.17, 15) is 18.0 Å². The molecule has 3 rings (SSSR count). The van der Waals surface area contributed by atoms with Crippen molar-refractivity contribution < 1.29 is 22.7 Å². The number of rotatable bonds is 13. The molecular weight excluding hydrogens is 550 g/mol. The summed E-state index contributed by atoms with van der Waals surface area (Å²) in [6.45, 7) is 5.82. The maximum Gasteiger partial charge on any atom is 0.264 e. The number of nitrogens with zero attached hydrogens (tertiary/aromatic N) is 2. The number of amides is 2. The van der Waals surface area contributed by atoms with Crippen LogP contribution < -0.4 is 14.4 Å². The molecule has 0 spiro atoms. The van der Waals surface area contributed by atoms with Crippen molar-refractivity contribution in [2.45, 2.75) is 44.7 Å². The Morgan fingerprint density at radius 3 is 2.25 bits per heavy atom. The van der Waals surface area contributed by atoms with E-state index >= 15 is 0 Å². The van der Waals surface area contributed by atoms with Crippen LogP contribution in [0.1, 0.15) is 32.8 Å². The summed E-state index contributed by atoms with van der Waals surface area (Å²) in [5.41, 5.74) is 1.02. The van der Waals surface area contributed by atoms with Gasteiger partial charge in [0, 0.05) is 24.2 Å². The minimum absolute atomic E-state index is 0.0385. The Hall–Kier alpha value is -3.56. The van der Waals surface area contributed by atoms with E-state index in [0.29, 0.717) is 23.7 Å². The van der Waals surface area contributed by atoms with Gasteiger partial charge < -0.3 is 15.0 Å². The summed E-state index contributed by atoms with van der Waals surface area (Å²) in [5.74, 6) is -0.154. The molecule has 1 atom stereocenters. The zero-order chi connectivity index (χ0) is 29.3. The molecule has 0 saturated heterocycles. The molecule has 10 heteroatoms. The molecule has 3 aromatic carbocycles. The van der Waals surface area contributed by atoms with Crippen LogP contribution in [-0.2, 0) is 26.2 Å². The predicted octanol–water partition coefficient (Wildman–Crippen LogP) is 5.12. The Balaban J connectivity index is 2.05. The summed E-state index contributed by atoms with van der Waals surface area (Å²) in [6.07, 6.45) is 0.341. The lowest BCUT2D eigenvalue weighted by atomic mass is 10.1. The highest BCUT2D eigenvalue weighted by molar-refractivity contribution is 7.92. The van der Waals surface area contributed by atoms with E-state index < -0.39 is 28.5 Å². The lowest BCUT2D eigenvalue weighted by molar-refractivity contribution is -0.140. The SMILES string of the molecule is CCC(C(=O)NCC(C)C)N(Cc1ccc(Cl)cc1)C(=O)CN(c1cccc(OC)c1)S(=O)(=O)c1ccccc1. The second-order valence-corrected chi connectivity index (χ2v) is 12.0. The van der Waals surface area contributed by atoms with Crippen molar-refractivity contribution in [3.05, 3.63) is 89.4 Å². The molecule has 0 aliphatic rings. The first-order valence-corrected chi connectivity index (χ1v) is 14.9. The van der Waals surface area contributed by atoms with Crippen molar-refractivity contribution in [3.8, 4) is 5.75 Å². The van der Waals surface area contributed by atoms with Crippen LogP contribution in [0.3, 0.4) is 0 Å². The van der Waals surface area contributed by atoms with Gasteiger partial charge in [0.05, 0.1) is 17.7 Å². The Morgan fingerprint density at radius 1 is 0.975 bits per heavy atom. The molecule has 0 aliphatic heterocycles. The van der Waals surface area contributed by atoms with Gasteiger partial charge >= 0.3 is 0 Å². The summed E-state index contributed by atoms with van der Waals surface area (Å²) in [5, 5.41) is 3.46. The standard InChI is InChI=1S/C30H36ClN3O5S/c1-5-28(30(36)32-19-22(2)3)33(20-23-14-16-24(31)17-15-23)29(35)21-34(25-10-9-11-26(18-25)39-4)40(37,38)27-12-7-6-8-13-27/h6-18,22,28H,5,19-21H2,1-4H3,(H,32,36). The van der Waals surface area contributed by atoms with Crippen LogP contribution in [0.2, 0.25) is 5.02 Å². The number of nitrogens with one attached hydrogen (secondary N) is 1. The molecule has 0 aromatic heterocycles. The summed E-state index contributed by atoms with van der Waals surface area (Å²) in [4.78, 5) is 28.8. The number of ether oxygens (including phenoxy) is 1. The van der Waals surface area contributed by atoms with Crippen LogP contribution in [0, 0.1) is 5.92 Å². The fraction of sp³-hybridized carbons (Fsp3) is 0.333. The van der Waals surface area contributed by atoms with Gasteiger partial charge in [-0.05, 0) is 54.3 Å². The second kappa shape index (κ2) is 14.2. The summed E-state index contributed by atoms with van der Waals surface area (Å²) >= 11 is 6.06. The molecule has 3 aromatic rings. The largest absolute Gasteiger partial charge is 0.497 e. The van der Waals surface area contributed by atoms with E-state index in [0.717, 1.165) is 9.87 Å². The van der Waals surface area contributed by atoms with Gasteiger partial charge in [0.15, 0.2) is 0 Å². The normalized spacial score (nSPS) is 12.1. The fourth-order valence-electron chi connectivity index (χ4n) is 4.14. The number of anilines is 1. The number of hydrogen-bond acceptors (Lipinski definition) is 5. The zero-order valence-corrected chi connectivity index (χ0v) is 24.8. The van der Waals surface area contributed by atoms with Crippen molar-refractivity contribution in [3.63, 3.8) is 0 Å². The van der Waals surface area contributed by atoms with Crippen molar-refractivity contribution in [1.29, 1.82) is 0 Å². The molecular formula is C30H36ClN3O5S. The number of halogens is 1. The predicted molar refractivity (Wildman–Crippen MR) is 158 cm³/mol. The van der Waals surface area contributed by atoms with E-state index in [1.165, 1.54) is 24.1 Å². The molecule has 40 heavy (non-hydrogen) atoms. The number of methoxy groups -OCH3 is 1. The van der Waals surface area contributed by atoms with Gasteiger partial charge in [-0.15, -0.1) is 0 Å². The highest BCUT2D eigenvalue weighted by Crippen LogP contribution is 2.28. The highest BCUT2D eigenvalue weighted by atomic mass is 35.5. The van der Waals surface area contributed by atoms with E-state index in [1.807, 2.05) is 20.8 Å². The minimum atomic E-state index is -4.15. The maximum absolute atomic E-state index is 14.1. The fourth-order valence-corrected chi connectivity index (χ4v) is 5.70. The molecule has 0 saturated carbocycles. The summed E-state index contributed by atoms with van der Waals surface area (Å²) in [6, 6.07) is 20.6. The molecule has 8 nitrogen and oxygen atoms in total. The molecule has 0 bridgehead atoms. The van der Waals surface area contributed by atoms with Crippen LogP contribution in [0.25, 0.3) is 0 Å². The van der Waals surface area contributed by atoms with Crippen LogP contribution in [0.4, 0.5) is 5.69 Å². The van der Waals surface area contributed by atoms with Gasteiger partial charge in [0.2, 0.25) is 11.8 Å². The Morgan fingerprint density at radius 2 is 1.65 bits per heavy atom. The van der Waals surface area contributed by atoms with Gasteiger partial charge in [-0.3, -0.25) is 13.9 Å². The molecule has 0 fully saturated rings. The summed E-state index contributed by atoms with van der Waals surface area (Å²) < 4.78 is 34.1. The lowest BCUT2D eigenvalue weighted by Gasteiger charge is -2.33.